The molecule has 2 aromatic carbocycles. The van der Waals surface area contributed by atoms with Gasteiger partial charge in [0, 0.05) is 11.1 Å². The molecule has 5 heteroatoms. The summed E-state index contributed by atoms with van der Waals surface area (Å²) in [6.45, 7) is 2.42. The van der Waals surface area contributed by atoms with Gasteiger partial charge in [0.05, 0.1) is 13.7 Å². The lowest BCUT2D eigenvalue weighted by Crippen LogP contribution is -2.05. The number of carbonyl (C=O) groups excluding carboxylic acids is 1. The number of rotatable bonds is 5. The zero-order valence-corrected chi connectivity index (χ0v) is 13.5. The number of benzene rings is 2. The van der Waals surface area contributed by atoms with Gasteiger partial charge in [0.1, 0.15) is 0 Å². The molecule has 2 aromatic rings. The first-order valence-electron chi connectivity index (χ1n) is 7.60. The first-order chi connectivity index (χ1) is 11.7. The van der Waals surface area contributed by atoms with E-state index in [4.69, 9.17) is 14.2 Å². The smallest absolute Gasteiger partial charge is 0.363 e. The largest absolute Gasteiger partial charge is 0.492 e. The van der Waals surface area contributed by atoms with E-state index in [2.05, 4.69) is 4.99 Å². The van der Waals surface area contributed by atoms with Crippen molar-refractivity contribution in [3.63, 3.8) is 0 Å². The summed E-state index contributed by atoms with van der Waals surface area (Å²) < 4.78 is 16.2. The van der Waals surface area contributed by atoms with Crippen molar-refractivity contribution >= 4 is 17.9 Å². The van der Waals surface area contributed by atoms with Gasteiger partial charge in [-0.05, 0) is 31.2 Å². The maximum Gasteiger partial charge on any atom is 0.363 e. The van der Waals surface area contributed by atoms with Crippen molar-refractivity contribution in [2.45, 2.75) is 6.92 Å². The average molecular weight is 323 g/mol. The van der Waals surface area contributed by atoms with Crippen LogP contribution in [0.5, 0.6) is 11.5 Å². The topological polar surface area (TPSA) is 57.1 Å². The summed E-state index contributed by atoms with van der Waals surface area (Å²) in [5.41, 5.74) is 1.68. The van der Waals surface area contributed by atoms with E-state index in [1.807, 2.05) is 55.5 Å². The number of cyclic esters (lactones) is 1. The van der Waals surface area contributed by atoms with E-state index in [-0.39, 0.29) is 5.70 Å². The van der Waals surface area contributed by atoms with Crippen LogP contribution in [0.2, 0.25) is 0 Å². The summed E-state index contributed by atoms with van der Waals surface area (Å²) in [6, 6.07) is 14.8. The van der Waals surface area contributed by atoms with Crippen molar-refractivity contribution in [3.05, 3.63) is 65.4 Å². The molecule has 0 aliphatic carbocycles. The van der Waals surface area contributed by atoms with Gasteiger partial charge in [-0.2, -0.15) is 0 Å². The number of hydrogen-bond donors (Lipinski definition) is 0. The molecular formula is C19H17NO4. The van der Waals surface area contributed by atoms with Crippen molar-refractivity contribution in [2.75, 3.05) is 13.7 Å². The van der Waals surface area contributed by atoms with Crippen molar-refractivity contribution in [1.29, 1.82) is 0 Å². The predicted molar refractivity (Wildman–Crippen MR) is 91.2 cm³/mol. The van der Waals surface area contributed by atoms with Crippen molar-refractivity contribution < 1.29 is 19.0 Å². The van der Waals surface area contributed by atoms with Crippen LogP contribution in [-0.2, 0) is 9.53 Å². The molecule has 0 aromatic heterocycles. The SMILES string of the molecule is CCOc1cccc(/C=C2\N=C(c3ccccc3)OC2=O)c1OC. The monoisotopic (exact) mass is 323 g/mol. The number of carbonyl (C=O) groups is 1. The molecule has 0 fully saturated rings. The highest BCUT2D eigenvalue weighted by Crippen LogP contribution is 2.33. The van der Waals surface area contributed by atoms with E-state index in [1.54, 1.807) is 13.2 Å². The van der Waals surface area contributed by atoms with Crippen LogP contribution in [0, 0.1) is 0 Å². The first kappa shape index (κ1) is 15.8. The molecule has 0 unspecified atom stereocenters. The Kier molecular flexibility index (Phi) is 4.61. The molecule has 0 saturated carbocycles. The minimum Gasteiger partial charge on any atom is -0.492 e. The molecule has 24 heavy (non-hydrogen) atoms. The molecule has 0 bridgehead atoms. The highest BCUT2D eigenvalue weighted by molar-refractivity contribution is 6.12. The van der Waals surface area contributed by atoms with E-state index in [9.17, 15) is 4.79 Å². The highest BCUT2D eigenvalue weighted by Gasteiger charge is 2.24. The Hall–Kier alpha value is -3.08. The summed E-state index contributed by atoms with van der Waals surface area (Å²) in [6.07, 6.45) is 1.64. The Bertz CT molecular complexity index is 809. The minimum absolute atomic E-state index is 0.223. The van der Waals surface area contributed by atoms with Crippen LogP contribution >= 0.6 is 0 Å². The van der Waals surface area contributed by atoms with Gasteiger partial charge in [0.25, 0.3) is 0 Å². The quantitative estimate of drug-likeness (QED) is 0.625. The third-order valence-electron chi connectivity index (χ3n) is 3.45. The maximum absolute atomic E-state index is 12.1. The minimum atomic E-state index is -0.488. The third-order valence-corrected chi connectivity index (χ3v) is 3.45. The summed E-state index contributed by atoms with van der Waals surface area (Å²) in [5.74, 6) is 0.987. The van der Waals surface area contributed by atoms with Crippen molar-refractivity contribution in [3.8, 4) is 11.5 Å². The lowest BCUT2D eigenvalue weighted by molar-refractivity contribution is -0.129. The Morgan fingerprint density at radius 3 is 2.62 bits per heavy atom. The second-order valence-electron chi connectivity index (χ2n) is 5.01. The van der Waals surface area contributed by atoms with E-state index in [1.165, 1.54) is 0 Å². The number of ether oxygens (including phenoxy) is 3. The molecule has 3 rings (SSSR count). The van der Waals surface area contributed by atoms with Crippen LogP contribution in [0.25, 0.3) is 6.08 Å². The Morgan fingerprint density at radius 2 is 1.92 bits per heavy atom. The van der Waals surface area contributed by atoms with Crippen LogP contribution in [0.4, 0.5) is 0 Å². The normalized spacial score (nSPS) is 15.2. The summed E-state index contributed by atoms with van der Waals surface area (Å²) in [7, 11) is 1.56. The van der Waals surface area contributed by atoms with E-state index < -0.39 is 5.97 Å². The number of para-hydroxylation sites is 1. The molecule has 5 nitrogen and oxygen atoms in total. The number of hydrogen-bond acceptors (Lipinski definition) is 5. The fourth-order valence-electron chi connectivity index (χ4n) is 2.39. The van der Waals surface area contributed by atoms with E-state index >= 15 is 0 Å². The fraction of sp³-hybridized carbons (Fsp3) is 0.158. The van der Waals surface area contributed by atoms with Gasteiger partial charge in [-0.25, -0.2) is 9.79 Å². The van der Waals surface area contributed by atoms with Crippen LogP contribution < -0.4 is 9.47 Å². The lowest BCUT2D eigenvalue weighted by Gasteiger charge is -2.11. The highest BCUT2D eigenvalue weighted by atomic mass is 16.6. The first-order valence-corrected chi connectivity index (χ1v) is 7.60. The van der Waals surface area contributed by atoms with Gasteiger partial charge < -0.3 is 14.2 Å². The molecule has 0 amide bonds. The van der Waals surface area contributed by atoms with Gasteiger partial charge in [-0.15, -0.1) is 0 Å². The zero-order valence-electron chi connectivity index (χ0n) is 13.5. The second-order valence-corrected chi connectivity index (χ2v) is 5.01. The molecule has 122 valence electrons. The molecule has 1 heterocycles. The Morgan fingerprint density at radius 1 is 1.12 bits per heavy atom. The summed E-state index contributed by atoms with van der Waals surface area (Å²) >= 11 is 0. The van der Waals surface area contributed by atoms with Crippen molar-refractivity contribution in [1.82, 2.24) is 0 Å². The maximum atomic E-state index is 12.1. The lowest BCUT2D eigenvalue weighted by atomic mass is 10.1. The molecule has 0 radical (unpaired) electrons. The molecule has 1 aliphatic rings. The van der Waals surface area contributed by atoms with Gasteiger partial charge in [-0.1, -0.05) is 30.3 Å². The number of aliphatic imine (C=N–C) groups is 1. The predicted octanol–water partition coefficient (Wildman–Crippen LogP) is 3.44. The second kappa shape index (κ2) is 7.00. The molecule has 0 saturated heterocycles. The average Bonchev–Trinajstić information content (AvgIpc) is 2.97. The molecule has 0 atom stereocenters. The Labute approximate surface area is 140 Å². The van der Waals surface area contributed by atoms with Gasteiger partial charge >= 0.3 is 5.97 Å². The molecule has 1 aliphatic heterocycles. The van der Waals surface area contributed by atoms with Crippen LogP contribution in [0.3, 0.4) is 0 Å². The van der Waals surface area contributed by atoms with Gasteiger partial charge in [0.15, 0.2) is 17.2 Å². The zero-order chi connectivity index (χ0) is 16.9. The summed E-state index contributed by atoms with van der Waals surface area (Å²) in [5, 5.41) is 0. The van der Waals surface area contributed by atoms with Gasteiger partial charge in [0.2, 0.25) is 5.90 Å². The fourth-order valence-corrected chi connectivity index (χ4v) is 2.39. The van der Waals surface area contributed by atoms with Crippen LogP contribution in [-0.4, -0.2) is 25.6 Å². The summed E-state index contributed by atoms with van der Waals surface area (Å²) in [4.78, 5) is 16.4. The van der Waals surface area contributed by atoms with E-state index in [0.717, 1.165) is 5.56 Å². The number of methoxy groups -OCH3 is 1. The van der Waals surface area contributed by atoms with Gasteiger partial charge in [-0.3, -0.25) is 0 Å². The number of esters is 1. The van der Waals surface area contributed by atoms with Crippen LogP contribution in [0.15, 0.2) is 59.2 Å². The molecular weight excluding hydrogens is 306 g/mol. The third kappa shape index (κ3) is 3.15. The number of nitrogens with zero attached hydrogens (tertiary/aromatic N) is 1. The van der Waals surface area contributed by atoms with E-state index in [0.29, 0.717) is 29.6 Å². The molecule has 0 spiro atoms. The van der Waals surface area contributed by atoms with Crippen molar-refractivity contribution in [2.24, 2.45) is 4.99 Å². The Balaban J connectivity index is 1.98. The molecule has 0 N–H and O–H groups in total. The van der Waals surface area contributed by atoms with Crippen LogP contribution in [0.1, 0.15) is 18.1 Å². The standard InChI is InChI=1S/C19H17NO4/c1-3-23-16-11-7-10-14(17(16)22-2)12-15-19(21)24-18(20-15)13-8-5-4-6-9-13/h4-12H,3H2,1-2H3/b15-12-.